The van der Waals surface area contributed by atoms with Crippen LogP contribution in [0.15, 0.2) is 24.3 Å². The topological polar surface area (TPSA) is 75.7 Å². The van der Waals surface area contributed by atoms with E-state index in [2.05, 4.69) is 5.32 Å². The van der Waals surface area contributed by atoms with E-state index in [9.17, 15) is 18.8 Å². The van der Waals surface area contributed by atoms with E-state index in [0.717, 1.165) is 0 Å². The van der Waals surface area contributed by atoms with E-state index in [1.54, 1.807) is 19.1 Å². The summed E-state index contributed by atoms with van der Waals surface area (Å²) in [5, 5.41) is 3.22. The summed E-state index contributed by atoms with van der Waals surface area (Å²) in [5.41, 5.74) is -0.769. The first-order valence-corrected chi connectivity index (χ1v) is 10.3. The Hall–Kier alpha value is -1.93. The predicted octanol–water partition coefficient (Wildman–Crippen LogP) is 1.76. The Morgan fingerprint density at radius 1 is 1.37 bits per heavy atom. The van der Waals surface area contributed by atoms with Gasteiger partial charge in [-0.15, -0.1) is 0 Å². The molecule has 2 saturated heterocycles. The number of benzene rings is 1. The van der Waals surface area contributed by atoms with Crippen molar-refractivity contribution in [3.8, 4) is 0 Å². The zero-order valence-electron chi connectivity index (χ0n) is 15.5. The average Bonchev–Trinajstić information content (AvgIpc) is 3.14. The zero-order chi connectivity index (χ0) is 19.8. The quantitative estimate of drug-likeness (QED) is 0.585. The smallest absolute Gasteiger partial charge is 0.326 e. The maximum atomic E-state index is 13.8. The minimum absolute atomic E-state index is 0.236. The molecule has 6 nitrogen and oxygen atoms in total. The molecule has 0 aliphatic carbocycles. The van der Waals surface area contributed by atoms with Gasteiger partial charge in [-0.3, -0.25) is 24.6 Å². The number of esters is 1. The Balaban J connectivity index is 2.14. The highest BCUT2D eigenvalue weighted by Gasteiger charge is 2.68. The molecule has 146 valence electrons. The van der Waals surface area contributed by atoms with Gasteiger partial charge in [0.2, 0.25) is 11.8 Å². The fraction of sp³-hybridized carbons (Fsp3) is 0.526. The van der Waals surface area contributed by atoms with Crippen LogP contribution >= 0.6 is 11.8 Å². The fourth-order valence-electron chi connectivity index (χ4n) is 4.33. The van der Waals surface area contributed by atoms with E-state index in [1.807, 2.05) is 6.26 Å². The number of amides is 2. The SMILES string of the molecule is CCN1C(=O)C2C(c3cccc(F)c3)NC(CCSC)(C(=O)OC)C2C1=O. The molecule has 0 radical (unpaired) electrons. The number of likely N-dealkylation sites (tertiary alicyclic amines) is 1. The number of rotatable bonds is 6. The van der Waals surface area contributed by atoms with Crippen LogP contribution in [0.4, 0.5) is 4.39 Å². The van der Waals surface area contributed by atoms with Gasteiger partial charge in [0.15, 0.2) is 0 Å². The predicted molar refractivity (Wildman–Crippen MR) is 99.4 cm³/mol. The number of ether oxygens (including phenoxy) is 1. The molecule has 3 rings (SSSR count). The standard InChI is InChI=1S/C19H23FN2O4S/c1-4-22-16(23)13-14(17(22)24)19(8-9-27-3,18(25)26-2)21-15(13)11-6-5-7-12(20)10-11/h5-7,10,13-15,21H,4,8-9H2,1-3H3. The van der Waals surface area contributed by atoms with Gasteiger partial charge >= 0.3 is 5.97 Å². The second-order valence-electron chi connectivity index (χ2n) is 6.81. The number of fused-ring (bicyclic) bond motifs is 1. The molecule has 0 bridgehead atoms. The molecule has 4 atom stereocenters. The number of carbonyl (C=O) groups is 3. The molecule has 2 amide bonds. The van der Waals surface area contributed by atoms with Crippen molar-refractivity contribution in [3.05, 3.63) is 35.6 Å². The number of methoxy groups -OCH3 is 1. The molecular formula is C19H23FN2O4S. The van der Waals surface area contributed by atoms with Crippen LogP contribution in [0.5, 0.6) is 0 Å². The molecule has 0 spiro atoms. The zero-order valence-corrected chi connectivity index (χ0v) is 16.3. The van der Waals surface area contributed by atoms with E-state index >= 15 is 0 Å². The first kappa shape index (κ1) is 19.8. The second-order valence-corrected chi connectivity index (χ2v) is 7.79. The van der Waals surface area contributed by atoms with Crippen LogP contribution in [0.3, 0.4) is 0 Å². The summed E-state index contributed by atoms with van der Waals surface area (Å²) in [6.45, 7) is 1.96. The highest BCUT2D eigenvalue weighted by Crippen LogP contribution is 2.50. The fourth-order valence-corrected chi connectivity index (χ4v) is 4.85. The normalized spacial score (nSPS) is 29.9. The van der Waals surface area contributed by atoms with Crippen molar-refractivity contribution in [1.29, 1.82) is 0 Å². The van der Waals surface area contributed by atoms with Crippen LogP contribution in [0.1, 0.15) is 24.9 Å². The minimum Gasteiger partial charge on any atom is -0.468 e. The summed E-state index contributed by atoms with van der Waals surface area (Å²) in [7, 11) is 1.27. The molecule has 2 heterocycles. The molecule has 2 aliphatic rings. The Bertz CT molecular complexity index is 774. The first-order chi connectivity index (χ1) is 12.9. The van der Waals surface area contributed by atoms with Crippen molar-refractivity contribution in [1.82, 2.24) is 10.2 Å². The third-order valence-electron chi connectivity index (χ3n) is 5.52. The van der Waals surface area contributed by atoms with Gasteiger partial charge in [-0.05, 0) is 43.0 Å². The number of halogens is 1. The number of hydrogen-bond donors (Lipinski definition) is 1. The number of nitrogens with one attached hydrogen (secondary N) is 1. The van der Waals surface area contributed by atoms with Gasteiger partial charge in [0, 0.05) is 12.6 Å². The largest absolute Gasteiger partial charge is 0.468 e. The summed E-state index contributed by atoms with van der Waals surface area (Å²) >= 11 is 1.54. The van der Waals surface area contributed by atoms with Gasteiger partial charge in [0.05, 0.1) is 18.9 Å². The summed E-state index contributed by atoms with van der Waals surface area (Å²) in [5.74, 6) is -2.72. The Morgan fingerprint density at radius 2 is 2.11 bits per heavy atom. The number of nitrogens with zero attached hydrogens (tertiary/aromatic N) is 1. The van der Waals surface area contributed by atoms with Crippen molar-refractivity contribution in [3.63, 3.8) is 0 Å². The van der Waals surface area contributed by atoms with Crippen molar-refractivity contribution in [2.45, 2.75) is 24.9 Å². The highest BCUT2D eigenvalue weighted by atomic mass is 32.2. The molecule has 1 N–H and O–H groups in total. The number of carbonyl (C=O) groups excluding carboxylic acids is 3. The van der Waals surface area contributed by atoms with E-state index in [-0.39, 0.29) is 18.4 Å². The Labute approximate surface area is 161 Å². The number of hydrogen-bond acceptors (Lipinski definition) is 6. The van der Waals surface area contributed by atoms with Crippen molar-refractivity contribution in [2.75, 3.05) is 25.7 Å². The maximum Gasteiger partial charge on any atom is 0.326 e. The first-order valence-electron chi connectivity index (χ1n) is 8.87. The number of imide groups is 1. The average molecular weight is 394 g/mol. The molecule has 27 heavy (non-hydrogen) atoms. The number of thioether (sulfide) groups is 1. The van der Waals surface area contributed by atoms with Crippen LogP contribution in [0, 0.1) is 17.7 Å². The molecule has 0 aromatic heterocycles. The van der Waals surface area contributed by atoms with Gasteiger partial charge in [0.1, 0.15) is 11.4 Å². The van der Waals surface area contributed by atoms with Crippen LogP contribution in [-0.4, -0.2) is 53.9 Å². The van der Waals surface area contributed by atoms with Crippen LogP contribution in [-0.2, 0) is 19.1 Å². The lowest BCUT2D eigenvalue weighted by atomic mass is 9.78. The van der Waals surface area contributed by atoms with Gasteiger partial charge < -0.3 is 4.74 Å². The van der Waals surface area contributed by atoms with Crippen LogP contribution < -0.4 is 5.32 Å². The Kier molecular flexibility index (Phi) is 5.58. The second kappa shape index (κ2) is 7.59. The molecule has 8 heteroatoms. The third kappa shape index (κ3) is 3.04. The Morgan fingerprint density at radius 3 is 2.70 bits per heavy atom. The van der Waals surface area contributed by atoms with E-state index in [4.69, 9.17) is 4.74 Å². The minimum atomic E-state index is -1.31. The molecule has 4 unspecified atom stereocenters. The highest BCUT2D eigenvalue weighted by molar-refractivity contribution is 7.98. The van der Waals surface area contributed by atoms with Crippen LogP contribution in [0.25, 0.3) is 0 Å². The monoisotopic (exact) mass is 394 g/mol. The van der Waals surface area contributed by atoms with E-state index in [1.165, 1.54) is 35.9 Å². The van der Waals surface area contributed by atoms with E-state index < -0.39 is 35.2 Å². The van der Waals surface area contributed by atoms with Crippen molar-refractivity contribution in [2.24, 2.45) is 11.8 Å². The molecule has 2 aliphatic heterocycles. The summed E-state index contributed by atoms with van der Waals surface area (Å²) in [4.78, 5) is 40.1. The molecule has 0 saturated carbocycles. The van der Waals surface area contributed by atoms with Crippen molar-refractivity contribution >= 4 is 29.5 Å². The van der Waals surface area contributed by atoms with Gasteiger partial charge in [0.25, 0.3) is 0 Å². The van der Waals surface area contributed by atoms with Crippen molar-refractivity contribution < 1.29 is 23.5 Å². The van der Waals surface area contributed by atoms with Crippen LogP contribution in [0.2, 0.25) is 0 Å². The molecule has 1 aromatic rings. The molecule has 1 aromatic carbocycles. The lowest BCUT2D eigenvalue weighted by molar-refractivity contribution is -0.154. The summed E-state index contributed by atoms with van der Waals surface area (Å²) in [6.07, 6.45) is 2.24. The molecular weight excluding hydrogens is 371 g/mol. The summed E-state index contributed by atoms with van der Waals surface area (Å²) < 4.78 is 18.9. The lowest BCUT2D eigenvalue weighted by Crippen LogP contribution is -2.56. The van der Waals surface area contributed by atoms with E-state index in [0.29, 0.717) is 17.7 Å². The van der Waals surface area contributed by atoms with Gasteiger partial charge in [-0.25, -0.2) is 4.39 Å². The third-order valence-corrected chi connectivity index (χ3v) is 6.13. The lowest BCUT2D eigenvalue weighted by Gasteiger charge is -2.32. The molecule has 2 fully saturated rings. The maximum absolute atomic E-state index is 13.8. The van der Waals surface area contributed by atoms with Gasteiger partial charge in [-0.2, -0.15) is 11.8 Å². The van der Waals surface area contributed by atoms with Gasteiger partial charge in [-0.1, -0.05) is 12.1 Å². The summed E-state index contributed by atoms with van der Waals surface area (Å²) in [6, 6.07) is 5.27.